The molecule has 1 N–H and O–H groups in total. The van der Waals surface area contributed by atoms with Crippen molar-refractivity contribution in [1.82, 2.24) is 20.2 Å². The van der Waals surface area contributed by atoms with Crippen LogP contribution in [0.4, 0.5) is 5.69 Å². The Labute approximate surface area is 144 Å². The zero-order valence-electron chi connectivity index (χ0n) is 13.6. The van der Waals surface area contributed by atoms with Gasteiger partial charge in [-0.25, -0.2) is 0 Å². The second kappa shape index (κ2) is 6.84. The fourth-order valence-electron chi connectivity index (χ4n) is 2.29. The minimum Gasteiger partial charge on any atom is -0.322 e. The van der Waals surface area contributed by atoms with E-state index in [0.717, 1.165) is 22.5 Å². The van der Waals surface area contributed by atoms with Gasteiger partial charge in [-0.1, -0.05) is 23.9 Å². The van der Waals surface area contributed by atoms with E-state index >= 15 is 0 Å². The topological polar surface area (TPSA) is 72.7 Å². The molecule has 0 aliphatic heterocycles. The first kappa shape index (κ1) is 16.2. The van der Waals surface area contributed by atoms with Gasteiger partial charge in [-0.3, -0.25) is 4.79 Å². The molecule has 0 saturated heterocycles. The second-order valence-electron chi connectivity index (χ2n) is 5.40. The molecule has 3 rings (SSSR count). The molecule has 0 atom stereocenters. The molecule has 7 heteroatoms. The Hall–Kier alpha value is -2.67. The van der Waals surface area contributed by atoms with Gasteiger partial charge in [0.1, 0.15) is 0 Å². The zero-order chi connectivity index (χ0) is 17.1. The van der Waals surface area contributed by atoms with Gasteiger partial charge in [0.05, 0.1) is 5.69 Å². The summed E-state index contributed by atoms with van der Waals surface area (Å²) in [6, 6.07) is 13.2. The van der Waals surface area contributed by atoms with E-state index in [9.17, 15) is 4.79 Å². The Bertz CT molecular complexity index is 873. The van der Waals surface area contributed by atoms with Gasteiger partial charge in [0.25, 0.3) is 5.91 Å². The Morgan fingerprint density at radius 1 is 1.12 bits per heavy atom. The van der Waals surface area contributed by atoms with Crippen LogP contribution in [0.1, 0.15) is 21.5 Å². The number of benzene rings is 2. The first-order valence-corrected chi connectivity index (χ1v) is 8.62. The molecule has 0 unspecified atom stereocenters. The highest BCUT2D eigenvalue weighted by molar-refractivity contribution is 7.98. The van der Waals surface area contributed by atoms with E-state index in [1.165, 1.54) is 11.8 Å². The SMILES string of the molecule is CSc1nnnn1-c1ccc(C(=O)Nc2cc(C)ccc2C)cc1. The van der Waals surface area contributed by atoms with Crippen LogP contribution >= 0.6 is 11.8 Å². The minimum atomic E-state index is -0.142. The number of anilines is 1. The van der Waals surface area contributed by atoms with Gasteiger partial charge in [0.15, 0.2) is 0 Å². The van der Waals surface area contributed by atoms with Gasteiger partial charge < -0.3 is 5.32 Å². The fourth-order valence-corrected chi connectivity index (χ4v) is 2.72. The number of tetrazole rings is 1. The monoisotopic (exact) mass is 339 g/mol. The van der Waals surface area contributed by atoms with E-state index in [1.807, 2.05) is 50.4 Å². The summed E-state index contributed by atoms with van der Waals surface area (Å²) in [5.74, 6) is -0.142. The number of amides is 1. The average Bonchev–Trinajstić information content (AvgIpc) is 3.07. The summed E-state index contributed by atoms with van der Waals surface area (Å²) in [5, 5.41) is 15.2. The average molecular weight is 339 g/mol. The van der Waals surface area contributed by atoms with E-state index in [2.05, 4.69) is 20.8 Å². The standard InChI is InChI=1S/C17H17N5OS/c1-11-4-5-12(2)15(10-11)18-16(23)13-6-8-14(9-7-13)22-17(24-3)19-20-21-22/h4-10H,1-3H3,(H,18,23). The van der Waals surface area contributed by atoms with E-state index in [1.54, 1.807) is 16.8 Å². The Kier molecular flexibility index (Phi) is 4.61. The molecule has 1 amide bonds. The number of aromatic nitrogens is 4. The molecule has 1 heterocycles. The number of nitrogens with zero attached hydrogens (tertiary/aromatic N) is 4. The van der Waals surface area contributed by atoms with Gasteiger partial charge in [-0.2, -0.15) is 4.68 Å². The molecule has 0 fully saturated rings. The molecule has 2 aromatic carbocycles. The normalized spacial score (nSPS) is 10.6. The lowest BCUT2D eigenvalue weighted by atomic mass is 10.1. The molecule has 0 aliphatic rings. The van der Waals surface area contributed by atoms with Crippen molar-refractivity contribution in [3.63, 3.8) is 0 Å². The summed E-state index contributed by atoms with van der Waals surface area (Å²) in [7, 11) is 0. The van der Waals surface area contributed by atoms with Crippen molar-refractivity contribution in [1.29, 1.82) is 0 Å². The lowest BCUT2D eigenvalue weighted by Crippen LogP contribution is -2.13. The number of hydrogen-bond donors (Lipinski definition) is 1. The second-order valence-corrected chi connectivity index (χ2v) is 6.17. The molecule has 0 saturated carbocycles. The molecule has 24 heavy (non-hydrogen) atoms. The van der Waals surface area contributed by atoms with Crippen LogP contribution in [0, 0.1) is 13.8 Å². The van der Waals surface area contributed by atoms with Crippen LogP contribution in [0.5, 0.6) is 0 Å². The summed E-state index contributed by atoms with van der Waals surface area (Å²) in [6.07, 6.45) is 1.91. The highest BCUT2D eigenvalue weighted by Gasteiger charge is 2.10. The van der Waals surface area contributed by atoms with E-state index in [-0.39, 0.29) is 5.91 Å². The van der Waals surface area contributed by atoms with Crippen LogP contribution in [0.25, 0.3) is 5.69 Å². The maximum Gasteiger partial charge on any atom is 0.255 e. The molecule has 0 spiro atoms. The number of hydrogen-bond acceptors (Lipinski definition) is 5. The molecular weight excluding hydrogens is 322 g/mol. The van der Waals surface area contributed by atoms with Gasteiger partial charge in [-0.15, -0.1) is 5.10 Å². The highest BCUT2D eigenvalue weighted by atomic mass is 32.2. The van der Waals surface area contributed by atoms with Crippen molar-refractivity contribution >= 4 is 23.4 Å². The number of carbonyl (C=O) groups is 1. The van der Waals surface area contributed by atoms with Gasteiger partial charge in [-0.05, 0) is 72.0 Å². The smallest absolute Gasteiger partial charge is 0.255 e. The molecular formula is C17H17N5OS. The van der Waals surface area contributed by atoms with Crippen LogP contribution in [-0.4, -0.2) is 32.4 Å². The minimum absolute atomic E-state index is 0.142. The van der Waals surface area contributed by atoms with Crippen LogP contribution in [0.2, 0.25) is 0 Å². The van der Waals surface area contributed by atoms with Crippen molar-refractivity contribution < 1.29 is 4.79 Å². The first-order valence-electron chi connectivity index (χ1n) is 7.40. The molecule has 1 aromatic heterocycles. The lowest BCUT2D eigenvalue weighted by Gasteiger charge is -2.10. The van der Waals surface area contributed by atoms with E-state index in [4.69, 9.17) is 0 Å². The van der Waals surface area contributed by atoms with Crippen LogP contribution in [0.15, 0.2) is 47.6 Å². The maximum absolute atomic E-state index is 12.4. The van der Waals surface area contributed by atoms with Crippen LogP contribution in [-0.2, 0) is 0 Å². The Morgan fingerprint density at radius 3 is 2.58 bits per heavy atom. The number of rotatable bonds is 4. The van der Waals surface area contributed by atoms with Gasteiger partial charge in [0.2, 0.25) is 5.16 Å². The third kappa shape index (κ3) is 3.30. The summed E-state index contributed by atoms with van der Waals surface area (Å²) in [5.41, 5.74) is 4.36. The summed E-state index contributed by atoms with van der Waals surface area (Å²) in [4.78, 5) is 12.4. The van der Waals surface area contributed by atoms with Gasteiger partial charge >= 0.3 is 0 Å². The first-order chi connectivity index (χ1) is 11.6. The third-order valence-corrected chi connectivity index (χ3v) is 4.26. The number of nitrogens with one attached hydrogen (secondary N) is 1. The molecule has 0 aliphatic carbocycles. The quantitative estimate of drug-likeness (QED) is 0.739. The Morgan fingerprint density at radius 2 is 1.88 bits per heavy atom. The fraction of sp³-hybridized carbons (Fsp3) is 0.176. The van der Waals surface area contributed by atoms with E-state index in [0.29, 0.717) is 10.7 Å². The van der Waals surface area contributed by atoms with Crippen molar-refractivity contribution in [3.8, 4) is 5.69 Å². The third-order valence-electron chi connectivity index (χ3n) is 3.64. The van der Waals surface area contributed by atoms with Gasteiger partial charge in [0, 0.05) is 11.3 Å². The molecule has 3 aromatic rings. The van der Waals surface area contributed by atoms with E-state index < -0.39 is 0 Å². The van der Waals surface area contributed by atoms with Crippen molar-refractivity contribution in [3.05, 3.63) is 59.2 Å². The molecule has 6 nitrogen and oxygen atoms in total. The maximum atomic E-state index is 12.4. The van der Waals surface area contributed by atoms with Crippen LogP contribution < -0.4 is 5.32 Å². The van der Waals surface area contributed by atoms with Crippen molar-refractivity contribution in [2.45, 2.75) is 19.0 Å². The highest BCUT2D eigenvalue weighted by Crippen LogP contribution is 2.19. The number of carbonyl (C=O) groups excluding carboxylic acids is 1. The molecule has 0 radical (unpaired) electrons. The summed E-state index contributed by atoms with van der Waals surface area (Å²) >= 11 is 1.46. The summed E-state index contributed by atoms with van der Waals surface area (Å²) < 4.78 is 1.64. The predicted molar refractivity (Wildman–Crippen MR) is 94.8 cm³/mol. The molecule has 0 bridgehead atoms. The zero-order valence-corrected chi connectivity index (χ0v) is 14.5. The predicted octanol–water partition coefficient (Wildman–Crippen LogP) is 3.25. The number of thioether (sulfide) groups is 1. The number of aryl methyl sites for hydroxylation is 2. The van der Waals surface area contributed by atoms with Crippen molar-refractivity contribution in [2.24, 2.45) is 0 Å². The molecule has 122 valence electrons. The van der Waals surface area contributed by atoms with Crippen molar-refractivity contribution in [2.75, 3.05) is 11.6 Å². The van der Waals surface area contributed by atoms with Crippen LogP contribution in [0.3, 0.4) is 0 Å². The lowest BCUT2D eigenvalue weighted by molar-refractivity contribution is 0.102. The summed E-state index contributed by atoms with van der Waals surface area (Å²) in [6.45, 7) is 3.97. The largest absolute Gasteiger partial charge is 0.322 e. The Balaban J connectivity index is 1.80.